The molecule has 0 aliphatic rings. The normalized spacial score (nSPS) is 11.2. The second kappa shape index (κ2) is 6.28. The summed E-state index contributed by atoms with van der Waals surface area (Å²) in [6.07, 6.45) is 2.83. The number of halogens is 1. The van der Waals surface area contributed by atoms with Gasteiger partial charge in [-0.3, -0.25) is 4.72 Å². The van der Waals surface area contributed by atoms with E-state index in [1.54, 1.807) is 18.3 Å². The fraction of sp³-hybridized carbons (Fsp3) is 0.231. The molecule has 0 fully saturated rings. The molecule has 0 radical (unpaired) electrons. The summed E-state index contributed by atoms with van der Waals surface area (Å²) in [5, 5.41) is 3.19. The van der Waals surface area contributed by atoms with Crippen LogP contribution in [-0.4, -0.2) is 24.9 Å². The van der Waals surface area contributed by atoms with E-state index in [1.807, 2.05) is 13.8 Å². The maximum absolute atomic E-state index is 12.2. The van der Waals surface area contributed by atoms with Crippen molar-refractivity contribution in [2.75, 3.05) is 16.6 Å². The first-order valence-corrected chi connectivity index (χ1v) is 8.13. The van der Waals surface area contributed by atoms with E-state index in [0.717, 1.165) is 5.56 Å². The molecule has 6 nitrogen and oxygen atoms in total. The topological polar surface area (TPSA) is 84.0 Å². The number of nitrogens with zero attached hydrogens (tertiary/aromatic N) is 2. The smallest absolute Gasteiger partial charge is 0.264 e. The molecule has 0 atom stereocenters. The van der Waals surface area contributed by atoms with Gasteiger partial charge < -0.3 is 5.32 Å². The molecule has 2 aromatic rings. The highest BCUT2D eigenvalue weighted by Crippen LogP contribution is 2.23. The van der Waals surface area contributed by atoms with Gasteiger partial charge in [-0.2, -0.15) is 0 Å². The van der Waals surface area contributed by atoms with Gasteiger partial charge in [-0.05, 0) is 31.5 Å². The highest BCUT2D eigenvalue weighted by atomic mass is 35.5. The minimum atomic E-state index is -3.77. The molecule has 0 spiro atoms. The number of sulfonamides is 1. The fourth-order valence-electron chi connectivity index (χ4n) is 1.59. The molecule has 0 unspecified atom stereocenters. The van der Waals surface area contributed by atoms with E-state index in [0.29, 0.717) is 12.4 Å². The van der Waals surface area contributed by atoms with E-state index < -0.39 is 10.0 Å². The van der Waals surface area contributed by atoms with Crippen LogP contribution in [0.4, 0.5) is 11.6 Å². The van der Waals surface area contributed by atoms with Gasteiger partial charge in [0.25, 0.3) is 10.0 Å². The minimum absolute atomic E-state index is 0.0171. The molecule has 0 aromatic carbocycles. The van der Waals surface area contributed by atoms with Crippen LogP contribution in [0, 0.1) is 6.92 Å². The number of rotatable bonds is 5. The van der Waals surface area contributed by atoms with Gasteiger partial charge in [-0.25, -0.2) is 18.4 Å². The van der Waals surface area contributed by atoms with E-state index in [1.165, 1.54) is 12.3 Å². The van der Waals surface area contributed by atoms with Crippen LogP contribution in [0.5, 0.6) is 0 Å². The number of anilines is 2. The molecule has 0 saturated heterocycles. The lowest BCUT2D eigenvalue weighted by Gasteiger charge is -2.09. The molecule has 0 saturated carbocycles. The van der Waals surface area contributed by atoms with E-state index >= 15 is 0 Å². The van der Waals surface area contributed by atoms with Gasteiger partial charge in [0.1, 0.15) is 16.5 Å². The van der Waals surface area contributed by atoms with Crippen LogP contribution in [0.1, 0.15) is 12.5 Å². The zero-order chi connectivity index (χ0) is 15.5. The Morgan fingerprint density at radius 2 is 2.00 bits per heavy atom. The molecule has 2 aromatic heterocycles. The maximum atomic E-state index is 12.2. The molecule has 0 amide bonds. The molecule has 0 aliphatic heterocycles. The average Bonchev–Trinajstić information content (AvgIpc) is 2.43. The van der Waals surface area contributed by atoms with Gasteiger partial charge in [0, 0.05) is 18.9 Å². The lowest BCUT2D eigenvalue weighted by atomic mass is 10.3. The van der Waals surface area contributed by atoms with Gasteiger partial charge in [0.05, 0.1) is 5.02 Å². The Morgan fingerprint density at radius 3 is 2.57 bits per heavy atom. The molecule has 2 heterocycles. The predicted molar refractivity (Wildman–Crippen MR) is 83.2 cm³/mol. The monoisotopic (exact) mass is 326 g/mol. The lowest BCUT2D eigenvalue weighted by Crippen LogP contribution is -2.14. The van der Waals surface area contributed by atoms with Crippen LogP contribution >= 0.6 is 11.6 Å². The van der Waals surface area contributed by atoms with Crippen LogP contribution in [0.25, 0.3) is 0 Å². The number of aromatic nitrogens is 2. The number of pyridine rings is 2. The quantitative estimate of drug-likeness (QED) is 0.882. The summed E-state index contributed by atoms with van der Waals surface area (Å²) in [4.78, 5) is 7.99. The SMILES string of the molecule is CCNc1ncc(S(=O)(=O)Nc2ccc(C)cn2)cc1Cl. The molecule has 2 rings (SSSR count). The molecule has 8 heteroatoms. The van der Waals surface area contributed by atoms with Crippen molar-refractivity contribution in [3.63, 3.8) is 0 Å². The number of nitrogens with one attached hydrogen (secondary N) is 2. The average molecular weight is 327 g/mol. The first kappa shape index (κ1) is 15.5. The third-order valence-electron chi connectivity index (χ3n) is 2.62. The van der Waals surface area contributed by atoms with Gasteiger partial charge >= 0.3 is 0 Å². The Balaban J connectivity index is 2.27. The number of aryl methyl sites for hydroxylation is 1. The summed E-state index contributed by atoms with van der Waals surface area (Å²) >= 11 is 6.01. The highest BCUT2D eigenvalue weighted by molar-refractivity contribution is 7.92. The van der Waals surface area contributed by atoms with Crippen LogP contribution in [-0.2, 0) is 10.0 Å². The van der Waals surface area contributed by atoms with E-state index in [-0.39, 0.29) is 15.7 Å². The summed E-state index contributed by atoms with van der Waals surface area (Å²) in [7, 11) is -3.77. The lowest BCUT2D eigenvalue weighted by molar-refractivity contribution is 0.600. The van der Waals surface area contributed by atoms with Crippen LogP contribution in [0.15, 0.2) is 35.5 Å². The van der Waals surface area contributed by atoms with E-state index in [4.69, 9.17) is 11.6 Å². The zero-order valence-corrected chi connectivity index (χ0v) is 13.2. The molecular formula is C13H15ClN4O2S. The fourth-order valence-corrected chi connectivity index (χ4v) is 2.87. The molecule has 0 aliphatic carbocycles. The largest absolute Gasteiger partial charge is 0.369 e. The molecule has 2 N–H and O–H groups in total. The zero-order valence-electron chi connectivity index (χ0n) is 11.6. The van der Waals surface area contributed by atoms with Crippen molar-refractivity contribution >= 4 is 33.3 Å². The summed E-state index contributed by atoms with van der Waals surface area (Å²) in [5.41, 5.74) is 0.942. The first-order valence-electron chi connectivity index (χ1n) is 6.27. The van der Waals surface area contributed by atoms with Crippen molar-refractivity contribution in [2.24, 2.45) is 0 Å². The van der Waals surface area contributed by atoms with Crippen molar-refractivity contribution < 1.29 is 8.42 Å². The van der Waals surface area contributed by atoms with E-state index in [9.17, 15) is 8.42 Å². The van der Waals surface area contributed by atoms with Crippen molar-refractivity contribution in [1.82, 2.24) is 9.97 Å². The van der Waals surface area contributed by atoms with Crippen LogP contribution < -0.4 is 10.0 Å². The van der Waals surface area contributed by atoms with Crippen LogP contribution in [0.3, 0.4) is 0 Å². The predicted octanol–water partition coefficient (Wildman–Crippen LogP) is 2.67. The number of hydrogen-bond donors (Lipinski definition) is 2. The Kier molecular flexibility index (Phi) is 4.64. The summed E-state index contributed by atoms with van der Waals surface area (Å²) in [6, 6.07) is 4.71. The Morgan fingerprint density at radius 1 is 1.24 bits per heavy atom. The van der Waals surface area contributed by atoms with Crippen molar-refractivity contribution in [3.05, 3.63) is 41.2 Å². The Bertz CT molecular complexity index is 732. The van der Waals surface area contributed by atoms with Crippen molar-refractivity contribution in [1.29, 1.82) is 0 Å². The first-order chi connectivity index (χ1) is 9.92. The standard InChI is InChI=1S/C13H15ClN4O2S/c1-3-15-13-11(14)6-10(8-17-13)21(19,20)18-12-5-4-9(2)7-16-12/h4-8H,3H2,1-2H3,(H,15,17)(H,16,18). The minimum Gasteiger partial charge on any atom is -0.369 e. The maximum Gasteiger partial charge on any atom is 0.264 e. The Labute approximate surface area is 128 Å². The molecule has 21 heavy (non-hydrogen) atoms. The highest BCUT2D eigenvalue weighted by Gasteiger charge is 2.17. The van der Waals surface area contributed by atoms with Crippen molar-refractivity contribution in [3.8, 4) is 0 Å². The van der Waals surface area contributed by atoms with Gasteiger partial charge in [0.15, 0.2) is 0 Å². The number of hydrogen-bond acceptors (Lipinski definition) is 5. The Hall–Kier alpha value is -1.86. The molecule has 0 bridgehead atoms. The van der Waals surface area contributed by atoms with E-state index in [2.05, 4.69) is 20.0 Å². The molecule has 112 valence electrons. The summed E-state index contributed by atoms with van der Waals surface area (Å²) in [6.45, 7) is 4.41. The molecular weight excluding hydrogens is 312 g/mol. The van der Waals surface area contributed by atoms with Crippen molar-refractivity contribution in [2.45, 2.75) is 18.7 Å². The van der Waals surface area contributed by atoms with Gasteiger partial charge in [-0.1, -0.05) is 17.7 Å². The van der Waals surface area contributed by atoms with Crippen LogP contribution in [0.2, 0.25) is 5.02 Å². The van der Waals surface area contributed by atoms with Gasteiger partial charge in [0.2, 0.25) is 0 Å². The third kappa shape index (κ3) is 3.83. The summed E-state index contributed by atoms with van der Waals surface area (Å²) < 4.78 is 26.9. The second-order valence-corrected chi connectivity index (χ2v) is 6.45. The summed E-state index contributed by atoms with van der Waals surface area (Å²) in [5.74, 6) is 0.694. The second-order valence-electron chi connectivity index (χ2n) is 4.36. The third-order valence-corrected chi connectivity index (χ3v) is 4.23. The van der Waals surface area contributed by atoms with Gasteiger partial charge in [-0.15, -0.1) is 0 Å².